The largest absolute Gasteiger partial charge is 0.455 e. The molecule has 2 atom stereocenters. The lowest BCUT2D eigenvalue weighted by Crippen LogP contribution is -2.29. The lowest BCUT2D eigenvalue weighted by atomic mass is 9.96. The van der Waals surface area contributed by atoms with Crippen molar-refractivity contribution in [3.8, 4) is 0 Å². The first-order valence-corrected chi connectivity index (χ1v) is 10.7. The van der Waals surface area contributed by atoms with Crippen LogP contribution in [0.5, 0.6) is 0 Å². The number of anilines is 2. The average Bonchev–Trinajstić information content (AvgIpc) is 3.16. The molecule has 0 radical (unpaired) electrons. The molecule has 164 valence electrons. The molecule has 0 saturated carbocycles. The number of carbonyl (C=O) groups is 3. The van der Waals surface area contributed by atoms with E-state index in [1.54, 1.807) is 4.90 Å². The minimum atomic E-state index is -0.578. The molecule has 0 spiro atoms. The molecule has 1 aliphatic rings. The number of hydrogen-bond acceptors (Lipinski definition) is 4. The summed E-state index contributed by atoms with van der Waals surface area (Å²) in [6.45, 7) is 8.01. The molecule has 2 amide bonds. The molecule has 2 aromatic rings. The van der Waals surface area contributed by atoms with Crippen molar-refractivity contribution in [1.29, 1.82) is 0 Å². The molecule has 1 N–H and O–H groups in total. The van der Waals surface area contributed by atoms with Crippen LogP contribution in [0.2, 0.25) is 0 Å². The van der Waals surface area contributed by atoms with Gasteiger partial charge in [0.25, 0.3) is 5.91 Å². The van der Waals surface area contributed by atoms with Crippen LogP contribution < -0.4 is 10.2 Å². The second kappa shape index (κ2) is 9.77. The maximum atomic E-state index is 12.6. The van der Waals surface area contributed by atoms with Gasteiger partial charge in [0.1, 0.15) is 0 Å². The van der Waals surface area contributed by atoms with Crippen molar-refractivity contribution in [3.63, 3.8) is 0 Å². The number of rotatable bonds is 7. The third-order valence-corrected chi connectivity index (χ3v) is 6.05. The highest BCUT2D eigenvalue weighted by atomic mass is 16.5. The Balaban J connectivity index is 1.60. The quantitative estimate of drug-likeness (QED) is 0.673. The van der Waals surface area contributed by atoms with Crippen LogP contribution in [0.25, 0.3) is 0 Å². The molecule has 31 heavy (non-hydrogen) atoms. The zero-order chi connectivity index (χ0) is 22.5. The predicted molar refractivity (Wildman–Crippen MR) is 121 cm³/mol. The smallest absolute Gasteiger partial charge is 0.311 e. The number of carbonyl (C=O) groups excluding carboxylic acids is 3. The summed E-state index contributed by atoms with van der Waals surface area (Å²) in [7, 11) is 0. The fourth-order valence-electron chi connectivity index (χ4n) is 3.80. The molecular weight excluding hydrogens is 392 g/mol. The number of nitrogens with zero attached hydrogens (tertiary/aromatic N) is 1. The Morgan fingerprint density at radius 3 is 2.65 bits per heavy atom. The maximum absolute atomic E-state index is 12.6. The van der Waals surface area contributed by atoms with Crippen molar-refractivity contribution >= 4 is 29.2 Å². The second-order valence-electron chi connectivity index (χ2n) is 8.18. The van der Waals surface area contributed by atoms with Gasteiger partial charge in [-0.1, -0.05) is 44.2 Å². The van der Waals surface area contributed by atoms with Crippen LogP contribution in [0.3, 0.4) is 0 Å². The fourth-order valence-corrected chi connectivity index (χ4v) is 3.80. The molecule has 2 aromatic carbocycles. The first kappa shape index (κ1) is 22.5. The topological polar surface area (TPSA) is 75.7 Å². The molecule has 6 nitrogen and oxygen atoms in total. The van der Waals surface area contributed by atoms with Crippen LogP contribution in [0.4, 0.5) is 11.4 Å². The minimum absolute atomic E-state index is 0.0896. The van der Waals surface area contributed by atoms with Crippen LogP contribution in [0, 0.1) is 19.8 Å². The number of nitrogens with one attached hydrogen (secondary N) is 1. The Kier molecular flexibility index (Phi) is 7.10. The predicted octanol–water partition coefficient (Wildman–Crippen LogP) is 4.35. The Morgan fingerprint density at radius 2 is 1.90 bits per heavy atom. The van der Waals surface area contributed by atoms with E-state index < -0.39 is 17.8 Å². The van der Waals surface area contributed by atoms with Crippen molar-refractivity contribution in [3.05, 3.63) is 59.2 Å². The van der Waals surface area contributed by atoms with E-state index in [1.165, 1.54) is 0 Å². The van der Waals surface area contributed by atoms with Gasteiger partial charge >= 0.3 is 5.97 Å². The SMILES string of the molecule is CC[C@H](C)c1ccccc1N1C[C@@H](C(=O)OCC(=O)Nc2cccc(C)c2C)CC1=O. The monoisotopic (exact) mass is 422 g/mol. The van der Waals surface area contributed by atoms with E-state index in [0.717, 1.165) is 28.8 Å². The molecule has 1 saturated heterocycles. The molecule has 1 aliphatic heterocycles. The number of para-hydroxylation sites is 1. The highest BCUT2D eigenvalue weighted by Gasteiger charge is 2.37. The Labute approximate surface area is 183 Å². The summed E-state index contributed by atoms with van der Waals surface area (Å²) in [5, 5.41) is 2.77. The molecule has 0 aliphatic carbocycles. The number of esters is 1. The minimum Gasteiger partial charge on any atom is -0.455 e. The maximum Gasteiger partial charge on any atom is 0.311 e. The molecule has 3 rings (SSSR count). The highest BCUT2D eigenvalue weighted by Crippen LogP contribution is 2.33. The molecule has 6 heteroatoms. The fraction of sp³-hybridized carbons (Fsp3) is 0.400. The molecule has 0 aromatic heterocycles. The van der Waals surface area contributed by atoms with Gasteiger partial charge in [0.15, 0.2) is 6.61 Å². The van der Waals surface area contributed by atoms with E-state index in [0.29, 0.717) is 11.6 Å². The van der Waals surface area contributed by atoms with Gasteiger partial charge in [-0.05, 0) is 55.0 Å². The Morgan fingerprint density at radius 1 is 1.16 bits per heavy atom. The van der Waals surface area contributed by atoms with E-state index in [9.17, 15) is 14.4 Å². The zero-order valence-electron chi connectivity index (χ0n) is 18.6. The highest BCUT2D eigenvalue weighted by molar-refractivity contribution is 6.00. The number of benzene rings is 2. The number of amides is 2. The van der Waals surface area contributed by atoms with Crippen molar-refractivity contribution in [2.45, 2.75) is 46.5 Å². The molecule has 1 heterocycles. The normalized spacial score (nSPS) is 16.8. The third-order valence-electron chi connectivity index (χ3n) is 6.05. The van der Waals surface area contributed by atoms with E-state index in [1.807, 2.05) is 56.3 Å². The summed E-state index contributed by atoms with van der Waals surface area (Å²) in [4.78, 5) is 39.1. The summed E-state index contributed by atoms with van der Waals surface area (Å²) < 4.78 is 5.23. The van der Waals surface area contributed by atoms with Gasteiger partial charge < -0.3 is 15.0 Å². The molecule has 0 bridgehead atoms. The molecule has 1 fully saturated rings. The average molecular weight is 423 g/mol. The van der Waals surface area contributed by atoms with E-state index in [4.69, 9.17) is 4.74 Å². The lowest BCUT2D eigenvalue weighted by Gasteiger charge is -2.23. The summed E-state index contributed by atoms with van der Waals surface area (Å²) in [5.74, 6) is -1.29. The zero-order valence-corrected chi connectivity index (χ0v) is 18.6. The van der Waals surface area contributed by atoms with Crippen molar-refractivity contribution in [2.24, 2.45) is 5.92 Å². The second-order valence-corrected chi connectivity index (χ2v) is 8.18. The number of hydrogen-bond donors (Lipinski definition) is 1. The van der Waals surface area contributed by atoms with Gasteiger partial charge in [-0.2, -0.15) is 0 Å². The van der Waals surface area contributed by atoms with Gasteiger partial charge in [0, 0.05) is 24.3 Å². The van der Waals surface area contributed by atoms with Crippen LogP contribution in [-0.2, 0) is 19.1 Å². The first-order chi connectivity index (χ1) is 14.8. The first-order valence-electron chi connectivity index (χ1n) is 10.7. The van der Waals surface area contributed by atoms with Gasteiger partial charge in [-0.15, -0.1) is 0 Å². The van der Waals surface area contributed by atoms with Crippen molar-refractivity contribution < 1.29 is 19.1 Å². The Hall–Kier alpha value is -3.15. The summed E-state index contributed by atoms with van der Waals surface area (Å²) in [6.07, 6.45) is 1.05. The van der Waals surface area contributed by atoms with E-state index in [2.05, 4.69) is 19.2 Å². The summed E-state index contributed by atoms with van der Waals surface area (Å²) in [6, 6.07) is 13.5. The van der Waals surface area contributed by atoms with Crippen molar-refractivity contribution in [1.82, 2.24) is 0 Å². The number of ether oxygens (including phenoxy) is 1. The lowest BCUT2D eigenvalue weighted by molar-refractivity contribution is -0.151. The van der Waals surface area contributed by atoms with Gasteiger partial charge in [-0.3, -0.25) is 14.4 Å². The molecular formula is C25H30N2O4. The van der Waals surface area contributed by atoms with Gasteiger partial charge in [0.2, 0.25) is 5.91 Å². The number of aryl methyl sites for hydroxylation is 1. The standard InChI is InChI=1S/C25H30N2O4/c1-5-16(2)20-10-6-7-12-22(20)27-14-19(13-24(27)29)25(30)31-15-23(28)26-21-11-8-9-17(3)18(21)4/h6-12,16,19H,5,13-15H2,1-4H3,(H,26,28)/t16-,19-/m0/s1. The van der Waals surface area contributed by atoms with Gasteiger partial charge in [-0.25, -0.2) is 0 Å². The van der Waals surface area contributed by atoms with Crippen LogP contribution in [-0.4, -0.2) is 30.9 Å². The van der Waals surface area contributed by atoms with Crippen LogP contribution in [0.1, 0.15) is 49.3 Å². The van der Waals surface area contributed by atoms with Crippen molar-refractivity contribution in [2.75, 3.05) is 23.4 Å². The van der Waals surface area contributed by atoms with Gasteiger partial charge in [0.05, 0.1) is 5.92 Å². The Bertz CT molecular complexity index is 985. The summed E-state index contributed by atoms with van der Waals surface area (Å²) >= 11 is 0. The van der Waals surface area contributed by atoms with E-state index >= 15 is 0 Å². The van der Waals surface area contributed by atoms with Crippen LogP contribution in [0.15, 0.2) is 42.5 Å². The van der Waals surface area contributed by atoms with E-state index in [-0.39, 0.29) is 25.5 Å². The summed E-state index contributed by atoms with van der Waals surface area (Å²) in [5.41, 5.74) is 4.69. The third kappa shape index (κ3) is 5.13. The molecule has 0 unspecified atom stereocenters. The van der Waals surface area contributed by atoms with Crippen LogP contribution >= 0.6 is 0 Å².